The number of halogens is 3. The van der Waals surface area contributed by atoms with Crippen LogP contribution in [0.25, 0.3) is 22.0 Å². The van der Waals surface area contributed by atoms with E-state index in [4.69, 9.17) is 14.6 Å². The number of aliphatic hydroxyl groups excluding tert-OH is 1. The maximum atomic E-state index is 13.5. The van der Waals surface area contributed by atoms with Crippen LogP contribution in [0.4, 0.5) is 28.4 Å². The lowest BCUT2D eigenvalue weighted by atomic mass is 10.0. The highest BCUT2D eigenvalue weighted by molar-refractivity contribution is 5.94. The summed E-state index contributed by atoms with van der Waals surface area (Å²) in [5.74, 6) is 0. The molecule has 0 aliphatic carbocycles. The third kappa shape index (κ3) is 5.89. The van der Waals surface area contributed by atoms with E-state index < -0.39 is 35.6 Å². The summed E-state index contributed by atoms with van der Waals surface area (Å²) in [6.07, 6.45) is -7.67. The van der Waals surface area contributed by atoms with Crippen molar-refractivity contribution in [3.63, 3.8) is 0 Å². The fourth-order valence-electron chi connectivity index (χ4n) is 4.20. The molecular formula is C25H23F3N3O7-. The first-order valence-corrected chi connectivity index (χ1v) is 11.5. The number of alkyl halides is 3. The number of cyclic esters (lactones) is 1. The molecule has 2 N–H and O–H groups in total. The Balaban J connectivity index is 1.55. The molecule has 2 heterocycles. The Morgan fingerprint density at radius 2 is 1.95 bits per heavy atom. The molecule has 1 aromatic heterocycles. The lowest BCUT2D eigenvalue weighted by Crippen LogP contribution is -2.47. The Bertz CT molecular complexity index is 1390. The average molecular weight is 534 g/mol. The summed E-state index contributed by atoms with van der Waals surface area (Å²) in [5.41, 5.74) is -1.41. The predicted octanol–water partition coefficient (Wildman–Crippen LogP) is 2.19. The Kier molecular flexibility index (Phi) is 7.88. The van der Waals surface area contributed by atoms with Crippen LogP contribution < -0.4 is 15.6 Å². The van der Waals surface area contributed by atoms with Gasteiger partial charge in [0.2, 0.25) is 0 Å². The molecule has 0 radical (unpaired) electrons. The number of carboxylic acid groups (broad SMARTS) is 1. The number of pyridine rings is 1. The van der Waals surface area contributed by atoms with Gasteiger partial charge in [0.25, 0.3) is 5.56 Å². The number of nitrogens with zero attached hydrogens (tertiary/aromatic N) is 2. The van der Waals surface area contributed by atoms with Crippen molar-refractivity contribution in [1.29, 1.82) is 0 Å². The lowest BCUT2D eigenvalue weighted by molar-refractivity contribution is -0.266. The van der Waals surface area contributed by atoms with Gasteiger partial charge in [-0.15, -0.1) is 0 Å². The second-order valence-electron chi connectivity index (χ2n) is 8.49. The van der Waals surface area contributed by atoms with Crippen molar-refractivity contribution < 1.29 is 42.4 Å². The van der Waals surface area contributed by atoms with Gasteiger partial charge in [0.15, 0.2) is 0 Å². The summed E-state index contributed by atoms with van der Waals surface area (Å²) in [6, 6.07) is 10.8. The molecular weight excluding hydrogens is 511 g/mol. The number of rotatable bonds is 9. The summed E-state index contributed by atoms with van der Waals surface area (Å²) in [7, 11) is 0. The van der Waals surface area contributed by atoms with Gasteiger partial charge in [-0.1, -0.05) is 24.3 Å². The highest BCUT2D eigenvalue weighted by atomic mass is 19.4. The van der Waals surface area contributed by atoms with Gasteiger partial charge in [0.1, 0.15) is 12.2 Å². The molecule has 1 aliphatic heterocycles. The minimum Gasteiger partial charge on any atom is -0.530 e. The minimum absolute atomic E-state index is 0.00541. The third-order valence-electron chi connectivity index (χ3n) is 5.96. The second-order valence-corrected chi connectivity index (χ2v) is 8.49. The third-order valence-corrected chi connectivity index (χ3v) is 5.96. The first-order chi connectivity index (χ1) is 18.1. The van der Waals surface area contributed by atoms with Crippen LogP contribution in [0.15, 0.2) is 53.3 Å². The van der Waals surface area contributed by atoms with E-state index in [1.54, 1.807) is 0 Å². The number of anilines is 1. The van der Waals surface area contributed by atoms with Crippen LogP contribution in [0.3, 0.4) is 0 Å². The molecule has 0 unspecified atom stereocenters. The largest absolute Gasteiger partial charge is 0.530 e. The molecule has 2 aromatic carbocycles. The predicted molar refractivity (Wildman–Crippen MR) is 127 cm³/mol. The van der Waals surface area contributed by atoms with Crippen LogP contribution in [0.5, 0.6) is 0 Å². The Morgan fingerprint density at radius 1 is 1.18 bits per heavy atom. The molecule has 38 heavy (non-hydrogen) atoms. The summed E-state index contributed by atoms with van der Waals surface area (Å²) in [4.78, 5) is 41.4. The van der Waals surface area contributed by atoms with Crippen LogP contribution >= 0.6 is 0 Å². The SMILES string of the molecule is O=C([O-])N(CCOCCO)C[C@H]1CN(c2ccc3cc(-c4ccccc4C(F)(F)F)[nH]c(=O)c3c2)C(=O)O1. The maximum Gasteiger partial charge on any atom is 0.417 e. The summed E-state index contributed by atoms with van der Waals surface area (Å²) < 4.78 is 50.7. The van der Waals surface area contributed by atoms with Crippen LogP contribution in [0.1, 0.15) is 5.56 Å². The Hall–Kier alpha value is -4.10. The van der Waals surface area contributed by atoms with Crippen molar-refractivity contribution in [3.05, 3.63) is 64.4 Å². The Labute approximate surface area is 213 Å². The van der Waals surface area contributed by atoms with Crippen molar-refractivity contribution in [3.8, 4) is 11.3 Å². The van der Waals surface area contributed by atoms with Crippen LogP contribution in [0.2, 0.25) is 0 Å². The van der Waals surface area contributed by atoms with Crippen molar-refractivity contribution in [1.82, 2.24) is 9.88 Å². The first kappa shape index (κ1) is 26.9. The molecule has 13 heteroatoms. The van der Waals surface area contributed by atoms with E-state index in [2.05, 4.69) is 4.98 Å². The minimum atomic E-state index is -4.61. The number of ether oxygens (including phenoxy) is 2. The molecule has 0 bridgehead atoms. The van der Waals surface area contributed by atoms with Gasteiger partial charge in [-0.2, -0.15) is 13.2 Å². The highest BCUT2D eigenvalue weighted by Gasteiger charge is 2.35. The molecule has 1 atom stereocenters. The van der Waals surface area contributed by atoms with E-state index in [-0.39, 0.29) is 56.1 Å². The van der Waals surface area contributed by atoms with Crippen LogP contribution in [0, 0.1) is 0 Å². The quantitative estimate of drug-likeness (QED) is 0.402. The number of aliphatic hydroxyl groups is 1. The number of fused-ring (bicyclic) bond motifs is 1. The topological polar surface area (TPSA) is 135 Å². The van der Waals surface area contributed by atoms with Gasteiger partial charge in [-0.05, 0) is 29.7 Å². The Morgan fingerprint density at radius 3 is 2.66 bits per heavy atom. The number of aromatic nitrogens is 1. The molecule has 1 aliphatic rings. The van der Waals surface area contributed by atoms with Crippen molar-refractivity contribution in [2.24, 2.45) is 0 Å². The van der Waals surface area contributed by atoms with E-state index in [1.807, 2.05) is 0 Å². The zero-order valence-electron chi connectivity index (χ0n) is 19.9. The number of hydrogen-bond donors (Lipinski definition) is 2. The van der Waals surface area contributed by atoms with E-state index in [9.17, 15) is 32.7 Å². The molecule has 1 fully saturated rings. The van der Waals surface area contributed by atoms with Gasteiger partial charge in [0.05, 0.1) is 38.5 Å². The smallest absolute Gasteiger partial charge is 0.417 e. The molecule has 2 amide bonds. The van der Waals surface area contributed by atoms with Gasteiger partial charge >= 0.3 is 12.3 Å². The molecule has 1 saturated heterocycles. The zero-order chi connectivity index (χ0) is 27.4. The molecule has 4 rings (SSSR count). The lowest BCUT2D eigenvalue weighted by Gasteiger charge is -2.26. The number of H-pyrrole nitrogens is 1. The summed E-state index contributed by atoms with van der Waals surface area (Å²) in [5, 5.41) is 20.7. The van der Waals surface area contributed by atoms with Gasteiger partial charge < -0.3 is 34.4 Å². The van der Waals surface area contributed by atoms with Crippen molar-refractivity contribution in [2.75, 3.05) is 44.4 Å². The van der Waals surface area contributed by atoms with Crippen molar-refractivity contribution >= 4 is 28.6 Å². The van der Waals surface area contributed by atoms with E-state index in [0.717, 1.165) is 11.0 Å². The van der Waals surface area contributed by atoms with Crippen LogP contribution in [-0.4, -0.2) is 72.7 Å². The summed E-state index contributed by atoms with van der Waals surface area (Å²) >= 11 is 0. The molecule has 0 saturated carbocycles. The molecule has 3 aromatic rings. The number of hydrogen-bond acceptors (Lipinski definition) is 7. The highest BCUT2D eigenvalue weighted by Crippen LogP contribution is 2.36. The second kappa shape index (κ2) is 11.1. The fraction of sp³-hybridized carbons (Fsp3) is 0.320. The summed E-state index contributed by atoms with van der Waals surface area (Å²) in [6.45, 7) is -0.394. The van der Waals surface area contributed by atoms with E-state index >= 15 is 0 Å². The van der Waals surface area contributed by atoms with Gasteiger partial charge in [0, 0.05) is 28.9 Å². The first-order valence-electron chi connectivity index (χ1n) is 11.5. The number of benzene rings is 2. The number of aromatic amines is 1. The molecule has 202 valence electrons. The van der Waals surface area contributed by atoms with Crippen LogP contribution in [-0.2, 0) is 15.7 Å². The average Bonchev–Trinajstić information content (AvgIpc) is 3.25. The maximum absolute atomic E-state index is 13.5. The number of carbonyl (C=O) groups excluding carboxylic acids is 2. The van der Waals surface area contributed by atoms with E-state index in [1.165, 1.54) is 47.4 Å². The number of amides is 2. The van der Waals surface area contributed by atoms with Crippen molar-refractivity contribution in [2.45, 2.75) is 12.3 Å². The zero-order valence-corrected chi connectivity index (χ0v) is 19.9. The fourth-order valence-corrected chi connectivity index (χ4v) is 4.20. The van der Waals surface area contributed by atoms with E-state index in [0.29, 0.717) is 11.1 Å². The standard InChI is InChI=1S/C25H24F3N3O7/c26-25(27,28)20-4-2-1-3-18(20)21-11-15-5-6-16(12-19(15)22(33)29-21)31-14-17(38-24(31)36)13-30(23(34)35)7-9-37-10-8-32/h1-6,11-12,17,32H,7-10,13-14H2,(H,29,33)(H,34,35)/p-1/t17-/m0/s1. The number of carbonyl (C=O) groups is 2. The number of nitrogens with one attached hydrogen (secondary N) is 1. The molecule has 0 spiro atoms. The monoisotopic (exact) mass is 534 g/mol. The normalized spacial score (nSPS) is 15.6. The van der Waals surface area contributed by atoms with Gasteiger partial charge in [-0.25, -0.2) is 4.79 Å². The van der Waals surface area contributed by atoms with Gasteiger partial charge in [-0.3, -0.25) is 9.69 Å². The molecule has 10 nitrogen and oxygen atoms in total.